The second kappa shape index (κ2) is 18.0. The van der Waals surface area contributed by atoms with Gasteiger partial charge in [0.1, 0.15) is 17.1 Å². The first-order valence-electron chi connectivity index (χ1n) is 15.2. The number of nitrogens with one attached hydrogen (secondary N) is 1. The van der Waals surface area contributed by atoms with Crippen LogP contribution in [0.3, 0.4) is 0 Å². The molecule has 276 valence electrons. The van der Waals surface area contributed by atoms with E-state index >= 15 is 0 Å². The van der Waals surface area contributed by atoms with E-state index in [0.29, 0.717) is 16.3 Å². The largest absolute Gasteiger partial charge is 0.467 e. The van der Waals surface area contributed by atoms with Gasteiger partial charge in [-0.1, -0.05) is 35.3 Å². The molecule has 0 saturated carbocycles. The molecule has 1 heterocycles. The first-order chi connectivity index (χ1) is 23.9. The van der Waals surface area contributed by atoms with Crippen molar-refractivity contribution >= 4 is 68.7 Å². The summed E-state index contributed by atoms with van der Waals surface area (Å²) in [7, 11) is -4.27. The highest BCUT2D eigenvalue weighted by Crippen LogP contribution is 2.29. The van der Waals surface area contributed by atoms with Crippen molar-refractivity contribution in [2.75, 3.05) is 25.3 Å². The Labute approximate surface area is 304 Å². The molecule has 0 fully saturated rings. The maximum atomic E-state index is 13.0. The number of furan rings is 1. The SMILES string of the molecule is CC(C(=O)c1cccc(Cl)c1)N(C(=O)OCOC(=O)CC(=O)OCCCOC(=O)c1cc(S(N)(=O)=O)c(Cl)cc1NCc1ccco1)C(C)(C)C. The van der Waals surface area contributed by atoms with Crippen molar-refractivity contribution in [3.63, 3.8) is 0 Å². The number of anilines is 1. The number of Topliss-reactive ketones (excluding diaryl/α,β-unsaturated/α-hetero) is 1. The molecule has 0 bridgehead atoms. The number of hydrogen-bond acceptors (Lipinski definition) is 13. The molecule has 0 aliphatic heterocycles. The fourth-order valence-electron chi connectivity index (χ4n) is 4.62. The van der Waals surface area contributed by atoms with Gasteiger partial charge in [0.25, 0.3) is 0 Å². The average Bonchev–Trinajstić information content (AvgIpc) is 3.55. The van der Waals surface area contributed by atoms with Gasteiger partial charge in [0.05, 0.1) is 48.3 Å². The van der Waals surface area contributed by atoms with E-state index in [1.54, 1.807) is 51.1 Å². The normalized spacial score (nSPS) is 12.0. The minimum absolute atomic E-state index is 0.0175. The molecule has 3 aromatic rings. The minimum Gasteiger partial charge on any atom is -0.467 e. The lowest BCUT2D eigenvalue weighted by Gasteiger charge is -2.38. The Morgan fingerprint density at radius 1 is 0.941 bits per heavy atom. The number of halogens is 2. The number of ether oxygens (including phenoxy) is 4. The van der Waals surface area contributed by atoms with Crippen LogP contribution in [0.5, 0.6) is 0 Å². The Morgan fingerprint density at radius 3 is 2.25 bits per heavy atom. The van der Waals surface area contributed by atoms with Gasteiger partial charge in [-0.15, -0.1) is 0 Å². The van der Waals surface area contributed by atoms with Crippen LogP contribution in [-0.4, -0.2) is 74.7 Å². The zero-order valence-corrected chi connectivity index (χ0v) is 30.4. The van der Waals surface area contributed by atoms with Crippen molar-refractivity contribution in [1.82, 2.24) is 4.90 Å². The summed E-state index contributed by atoms with van der Waals surface area (Å²) >= 11 is 12.1. The third-order valence-corrected chi connectivity index (χ3v) is 8.51. The van der Waals surface area contributed by atoms with Crippen LogP contribution < -0.4 is 10.5 Å². The fraction of sp³-hybridized carbons (Fsp3) is 0.364. The monoisotopic (exact) mass is 769 g/mol. The number of hydrogen-bond donors (Lipinski definition) is 2. The van der Waals surface area contributed by atoms with Crippen LogP contribution in [0.2, 0.25) is 10.0 Å². The number of sulfonamides is 1. The van der Waals surface area contributed by atoms with Crippen molar-refractivity contribution in [2.45, 2.75) is 63.6 Å². The van der Waals surface area contributed by atoms with Crippen molar-refractivity contribution in [3.05, 3.63) is 81.7 Å². The van der Waals surface area contributed by atoms with E-state index in [1.807, 2.05) is 0 Å². The number of rotatable bonds is 16. The summed E-state index contributed by atoms with van der Waals surface area (Å²) in [6.07, 6.45) is -0.274. The third kappa shape index (κ3) is 12.3. The number of carbonyl (C=O) groups excluding carboxylic acids is 5. The maximum absolute atomic E-state index is 13.0. The molecule has 15 nitrogen and oxygen atoms in total. The summed E-state index contributed by atoms with van der Waals surface area (Å²) in [6, 6.07) is 10.8. The van der Waals surface area contributed by atoms with E-state index in [1.165, 1.54) is 30.2 Å². The number of ketones is 1. The van der Waals surface area contributed by atoms with Crippen LogP contribution >= 0.6 is 23.2 Å². The molecule has 0 spiro atoms. The van der Waals surface area contributed by atoms with E-state index in [2.05, 4.69) is 5.32 Å². The van der Waals surface area contributed by atoms with Gasteiger partial charge in [-0.25, -0.2) is 23.1 Å². The topological polar surface area (TPSA) is 211 Å². The molecular formula is C33H37Cl2N3O12S. The van der Waals surface area contributed by atoms with Crippen LogP contribution in [0, 0.1) is 0 Å². The van der Waals surface area contributed by atoms with Crippen molar-refractivity contribution < 1.29 is 55.8 Å². The lowest BCUT2D eigenvalue weighted by atomic mass is 9.98. The summed E-state index contributed by atoms with van der Waals surface area (Å²) in [5.41, 5.74) is -0.599. The molecule has 1 atom stereocenters. The first-order valence-corrected chi connectivity index (χ1v) is 17.6. The fourth-order valence-corrected chi connectivity index (χ4v) is 5.91. The number of amides is 1. The van der Waals surface area contributed by atoms with Crippen LogP contribution in [-0.2, 0) is 45.1 Å². The van der Waals surface area contributed by atoms with E-state index in [-0.39, 0.29) is 48.2 Å². The number of nitrogens with zero attached hydrogens (tertiary/aromatic N) is 1. The van der Waals surface area contributed by atoms with Crippen LogP contribution in [0.1, 0.15) is 67.0 Å². The highest BCUT2D eigenvalue weighted by molar-refractivity contribution is 7.89. The molecule has 3 N–H and O–H groups in total. The Balaban J connectivity index is 1.44. The summed E-state index contributed by atoms with van der Waals surface area (Å²) in [5.74, 6) is -2.80. The van der Waals surface area contributed by atoms with Gasteiger partial charge in [-0.05, 0) is 64.1 Å². The lowest BCUT2D eigenvalue weighted by molar-refractivity contribution is -0.160. The lowest BCUT2D eigenvalue weighted by Crippen LogP contribution is -2.53. The van der Waals surface area contributed by atoms with Gasteiger partial charge in [-0.2, -0.15) is 0 Å². The van der Waals surface area contributed by atoms with Gasteiger partial charge < -0.3 is 28.7 Å². The summed E-state index contributed by atoms with van der Waals surface area (Å²) in [6.45, 7) is 5.42. The maximum Gasteiger partial charge on any atom is 0.413 e. The summed E-state index contributed by atoms with van der Waals surface area (Å²) in [5, 5.41) is 8.28. The third-order valence-electron chi connectivity index (χ3n) is 6.90. The Bertz CT molecular complexity index is 1840. The minimum atomic E-state index is -4.27. The molecule has 0 aliphatic carbocycles. The zero-order chi connectivity index (χ0) is 37.9. The molecule has 51 heavy (non-hydrogen) atoms. The molecule has 18 heteroatoms. The predicted octanol–water partition coefficient (Wildman–Crippen LogP) is 5.34. The van der Waals surface area contributed by atoms with Crippen molar-refractivity contribution in [3.8, 4) is 0 Å². The molecule has 0 aliphatic rings. The molecule has 0 radical (unpaired) electrons. The van der Waals surface area contributed by atoms with E-state index in [4.69, 9.17) is 51.7 Å². The summed E-state index contributed by atoms with van der Waals surface area (Å²) in [4.78, 5) is 63.8. The number of nitrogens with two attached hydrogens (primary N) is 1. The second-order valence-corrected chi connectivity index (χ2v) is 14.2. The first kappa shape index (κ1) is 40.8. The number of primary sulfonamides is 1. The molecule has 1 aromatic heterocycles. The molecule has 3 rings (SSSR count). The van der Waals surface area contributed by atoms with Gasteiger partial charge >= 0.3 is 24.0 Å². The Kier molecular flexibility index (Phi) is 14.4. The Morgan fingerprint density at radius 2 is 1.63 bits per heavy atom. The van der Waals surface area contributed by atoms with E-state index in [9.17, 15) is 32.4 Å². The van der Waals surface area contributed by atoms with Gasteiger partial charge in [-0.3, -0.25) is 19.3 Å². The van der Waals surface area contributed by atoms with Gasteiger partial charge in [0.15, 0.2) is 5.78 Å². The second-order valence-electron chi connectivity index (χ2n) is 11.8. The molecule has 1 unspecified atom stereocenters. The van der Waals surface area contributed by atoms with Gasteiger partial charge in [0.2, 0.25) is 16.8 Å². The summed E-state index contributed by atoms with van der Waals surface area (Å²) < 4.78 is 49.3. The van der Waals surface area contributed by atoms with Crippen LogP contribution in [0.25, 0.3) is 0 Å². The van der Waals surface area contributed by atoms with Crippen molar-refractivity contribution in [1.29, 1.82) is 0 Å². The highest BCUT2D eigenvalue weighted by Gasteiger charge is 2.36. The van der Waals surface area contributed by atoms with Crippen LogP contribution in [0.15, 0.2) is 64.1 Å². The highest BCUT2D eigenvalue weighted by atomic mass is 35.5. The van der Waals surface area contributed by atoms with Gasteiger partial charge in [0, 0.05) is 22.5 Å². The molecule has 0 saturated heterocycles. The number of benzene rings is 2. The molecule has 2 aromatic carbocycles. The number of carbonyl (C=O) groups is 5. The molecule has 1 amide bonds. The smallest absolute Gasteiger partial charge is 0.413 e. The Hall–Kier alpha value is -4.64. The number of esters is 3. The quantitative estimate of drug-likeness (QED) is 0.0471. The van der Waals surface area contributed by atoms with Crippen molar-refractivity contribution in [2.24, 2.45) is 5.14 Å². The average molecular weight is 771 g/mol. The van der Waals surface area contributed by atoms with E-state index in [0.717, 1.165) is 6.07 Å². The van der Waals surface area contributed by atoms with Crippen LogP contribution in [0.4, 0.5) is 10.5 Å². The zero-order valence-electron chi connectivity index (χ0n) is 28.1. The predicted molar refractivity (Wildman–Crippen MR) is 184 cm³/mol. The molecular weight excluding hydrogens is 733 g/mol. The van der Waals surface area contributed by atoms with E-state index < -0.39 is 63.7 Å². The standard InChI is InChI=1S/C33H37Cl2N3O12S/c1-20(30(41)21-8-5-9-22(34)14-21)38(33(2,3)4)32(43)50-19-49-29(40)17-28(39)47-12-7-13-48-31(42)24-15-27(51(36,44)45)25(35)16-26(24)37-18-23-10-6-11-46-23/h5-6,8-11,14-16,20,37H,7,12-13,17-19H2,1-4H3,(H2,36,44,45).